The molecule has 2 aliphatic rings. The first kappa shape index (κ1) is 24.3. The Balaban J connectivity index is 0.000000652. The molecule has 2 atom stereocenters. The summed E-state index contributed by atoms with van der Waals surface area (Å²) >= 11 is 6.68. The summed E-state index contributed by atoms with van der Waals surface area (Å²) in [5.74, 6) is 0.196. The lowest BCUT2D eigenvalue weighted by atomic mass is 10.1. The number of rotatable bonds is 3. The number of anilines is 3. The van der Waals surface area contributed by atoms with Crippen molar-refractivity contribution in [1.82, 2.24) is 25.3 Å². The van der Waals surface area contributed by atoms with E-state index in [2.05, 4.69) is 36.9 Å². The van der Waals surface area contributed by atoms with E-state index in [1.807, 2.05) is 39.8 Å². The van der Waals surface area contributed by atoms with Gasteiger partial charge in [0.05, 0.1) is 15.9 Å². The second-order valence-corrected chi connectivity index (χ2v) is 8.70. The molecular weight excluding hydrogens is 453 g/mol. The van der Waals surface area contributed by atoms with Gasteiger partial charge in [-0.05, 0) is 37.1 Å². The van der Waals surface area contributed by atoms with Crippen molar-refractivity contribution in [2.24, 2.45) is 7.05 Å². The molecule has 2 fully saturated rings. The summed E-state index contributed by atoms with van der Waals surface area (Å²) in [6.07, 6.45) is 4.24. The van der Waals surface area contributed by atoms with E-state index in [-0.39, 0.29) is 5.82 Å². The Bertz CT molecular complexity index is 1270. The molecule has 34 heavy (non-hydrogen) atoms. The van der Waals surface area contributed by atoms with E-state index < -0.39 is 0 Å². The van der Waals surface area contributed by atoms with E-state index in [0.29, 0.717) is 34.1 Å². The normalized spacial score (nSPS) is 19.0. The Morgan fingerprint density at radius 2 is 1.76 bits per heavy atom. The molecule has 0 aliphatic carbocycles. The summed E-state index contributed by atoms with van der Waals surface area (Å²) in [4.78, 5) is 2.39. The average Bonchev–Trinajstić information content (AvgIpc) is 3.53. The second kappa shape index (κ2) is 10.2. The van der Waals surface area contributed by atoms with Crippen molar-refractivity contribution in [2.75, 3.05) is 23.3 Å². The highest BCUT2D eigenvalue weighted by molar-refractivity contribution is 6.36. The van der Waals surface area contributed by atoms with Crippen molar-refractivity contribution in [3.05, 3.63) is 41.3 Å². The van der Waals surface area contributed by atoms with Gasteiger partial charge in [0.2, 0.25) is 0 Å². The lowest BCUT2D eigenvalue weighted by Gasteiger charge is -2.34. The number of piperazine rings is 1. The standard InChI is InChI=1S/C21H21ClFN7.2C2H6/c1-29-8-11-4-14(5-17(23)20(11)28-29)25-21-19-16(22)6-15(7-18(19)26-27-21)30-9-12-2-3-13(10-30)24-12;2*1-2/h4-8,12-13,24H,2-3,9-10H2,1H3,(H2,25,26,27);2*1-2H3. The molecule has 0 saturated carbocycles. The zero-order valence-electron chi connectivity index (χ0n) is 20.4. The fraction of sp³-hybridized carbons (Fsp3) is 0.440. The van der Waals surface area contributed by atoms with E-state index in [4.69, 9.17) is 11.6 Å². The molecule has 4 heterocycles. The van der Waals surface area contributed by atoms with Gasteiger partial charge in [-0.2, -0.15) is 10.2 Å². The maximum absolute atomic E-state index is 14.4. The van der Waals surface area contributed by atoms with Gasteiger partial charge in [-0.1, -0.05) is 39.3 Å². The molecule has 182 valence electrons. The molecule has 2 unspecified atom stereocenters. The fourth-order valence-corrected chi connectivity index (χ4v) is 5.10. The number of hydrogen-bond donors (Lipinski definition) is 3. The van der Waals surface area contributed by atoms with E-state index >= 15 is 0 Å². The van der Waals surface area contributed by atoms with Crippen LogP contribution in [0.25, 0.3) is 21.8 Å². The molecule has 7 nitrogen and oxygen atoms in total. The Labute approximate surface area is 204 Å². The number of hydrogen-bond acceptors (Lipinski definition) is 5. The Hall–Kier alpha value is -2.84. The van der Waals surface area contributed by atoms with Crippen molar-refractivity contribution in [3.63, 3.8) is 0 Å². The van der Waals surface area contributed by atoms with Crippen LogP contribution < -0.4 is 15.5 Å². The van der Waals surface area contributed by atoms with Crippen molar-refractivity contribution >= 4 is 50.6 Å². The van der Waals surface area contributed by atoms with Crippen molar-refractivity contribution < 1.29 is 4.39 Å². The molecule has 9 heteroatoms. The molecule has 0 spiro atoms. The van der Waals surface area contributed by atoms with E-state index in [0.717, 1.165) is 35.1 Å². The number of aromatic amines is 1. The molecule has 2 bridgehead atoms. The fourth-order valence-electron chi connectivity index (χ4n) is 4.80. The number of fused-ring (bicyclic) bond motifs is 4. The van der Waals surface area contributed by atoms with E-state index in [9.17, 15) is 4.39 Å². The first-order chi connectivity index (χ1) is 16.5. The number of H-pyrrole nitrogens is 1. The van der Waals surface area contributed by atoms with Gasteiger partial charge in [0.1, 0.15) is 5.52 Å². The van der Waals surface area contributed by atoms with Crippen molar-refractivity contribution in [1.29, 1.82) is 0 Å². The highest BCUT2D eigenvalue weighted by atomic mass is 35.5. The van der Waals surface area contributed by atoms with Crippen LogP contribution in [0.4, 0.5) is 21.6 Å². The maximum atomic E-state index is 14.4. The van der Waals surface area contributed by atoms with Gasteiger partial charge in [-0.3, -0.25) is 9.78 Å². The predicted octanol–water partition coefficient (Wildman–Crippen LogP) is 5.98. The van der Waals surface area contributed by atoms with Crippen LogP contribution in [0, 0.1) is 5.82 Å². The van der Waals surface area contributed by atoms with E-state index in [1.54, 1.807) is 17.9 Å². The largest absolute Gasteiger partial charge is 0.368 e. The predicted molar refractivity (Wildman–Crippen MR) is 140 cm³/mol. The Morgan fingerprint density at radius 3 is 2.47 bits per heavy atom. The van der Waals surface area contributed by atoms with Crippen molar-refractivity contribution in [3.8, 4) is 0 Å². The van der Waals surface area contributed by atoms with Gasteiger partial charge in [0.25, 0.3) is 0 Å². The summed E-state index contributed by atoms with van der Waals surface area (Å²) < 4.78 is 16.0. The molecule has 2 aromatic heterocycles. The van der Waals surface area contributed by atoms with Gasteiger partial charge < -0.3 is 15.5 Å². The van der Waals surface area contributed by atoms with Crippen LogP contribution >= 0.6 is 11.6 Å². The molecule has 0 radical (unpaired) electrons. The van der Waals surface area contributed by atoms with Crippen LogP contribution in [0.3, 0.4) is 0 Å². The van der Waals surface area contributed by atoms with Crippen molar-refractivity contribution in [2.45, 2.75) is 52.6 Å². The summed E-state index contributed by atoms with van der Waals surface area (Å²) in [5.41, 5.74) is 2.90. The number of aromatic nitrogens is 4. The molecular formula is C25H33ClFN7. The molecule has 2 saturated heterocycles. The van der Waals surface area contributed by atoms with Gasteiger partial charge in [0.15, 0.2) is 11.6 Å². The van der Waals surface area contributed by atoms with Gasteiger partial charge in [0, 0.05) is 55.2 Å². The Kier molecular flexibility index (Phi) is 7.28. The number of nitrogens with one attached hydrogen (secondary N) is 3. The van der Waals surface area contributed by atoms with Crippen LogP contribution in [0.1, 0.15) is 40.5 Å². The lowest BCUT2D eigenvalue weighted by molar-refractivity contribution is 0.466. The number of aryl methyl sites for hydroxylation is 1. The van der Waals surface area contributed by atoms with Gasteiger partial charge in [-0.25, -0.2) is 4.39 Å². The van der Waals surface area contributed by atoms with Crippen LogP contribution in [-0.4, -0.2) is 45.2 Å². The number of benzene rings is 2. The maximum Gasteiger partial charge on any atom is 0.161 e. The molecule has 2 aliphatic heterocycles. The molecule has 4 aromatic rings. The summed E-state index contributed by atoms with van der Waals surface area (Å²) in [6.45, 7) is 9.98. The van der Waals surface area contributed by atoms with E-state index in [1.165, 1.54) is 18.9 Å². The first-order valence-electron chi connectivity index (χ1n) is 12.1. The monoisotopic (exact) mass is 485 g/mol. The Morgan fingerprint density at radius 1 is 1.06 bits per heavy atom. The lowest BCUT2D eigenvalue weighted by Crippen LogP contribution is -2.51. The number of nitrogens with zero attached hydrogens (tertiary/aromatic N) is 4. The zero-order chi connectivity index (χ0) is 24.4. The van der Waals surface area contributed by atoms with Crippen LogP contribution in [0.2, 0.25) is 5.02 Å². The highest BCUT2D eigenvalue weighted by Gasteiger charge is 2.32. The third-order valence-corrected chi connectivity index (χ3v) is 6.42. The third-order valence-electron chi connectivity index (χ3n) is 6.12. The first-order valence-corrected chi connectivity index (χ1v) is 12.5. The molecule has 2 aromatic carbocycles. The highest BCUT2D eigenvalue weighted by Crippen LogP contribution is 2.36. The van der Waals surface area contributed by atoms with Gasteiger partial charge >= 0.3 is 0 Å². The topological polar surface area (TPSA) is 73.8 Å². The second-order valence-electron chi connectivity index (χ2n) is 8.29. The summed E-state index contributed by atoms with van der Waals surface area (Å²) in [6, 6.07) is 8.47. The quantitative estimate of drug-likeness (QED) is 0.333. The minimum absolute atomic E-state index is 0.350. The molecule has 3 N–H and O–H groups in total. The summed E-state index contributed by atoms with van der Waals surface area (Å²) in [5, 5.41) is 20.6. The van der Waals surface area contributed by atoms with Crippen LogP contribution in [-0.2, 0) is 7.05 Å². The minimum atomic E-state index is -0.378. The zero-order valence-corrected chi connectivity index (χ0v) is 21.2. The average molecular weight is 486 g/mol. The molecule has 6 rings (SSSR count). The van der Waals surface area contributed by atoms with Crippen LogP contribution in [0.5, 0.6) is 0 Å². The summed E-state index contributed by atoms with van der Waals surface area (Å²) in [7, 11) is 1.77. The molecule has 0 amide bonds. The minimum Gasteiger partial charge on any atom is -0.368 e. The third kappa shape index (κ3) is 4.57. The SMILES string of the molecule is CC.CC.Cn1cc2cc(Nc3n[nH]c4cc(N5CC6CCC(C5)N6)cc(Cl)c34)cc(F)c2n1. The van der Waals surface area contributed by atoms with Gasteiger partial charge in [-0.15, -0.1) is 0 Å². The smallest absolute Gasteiger partial charge is 0.161 e. The van der Waals surface area contributed by atoms with Crippen LogP contribution in [0.15, 0.2) is 30.5 Å². The number of halogens is 2.